The molecule has 0 saturated heterocycles. The largest absolute Gasteiger partial charge is 0.466 e. The molecule has 0 aliphatic heterocycles. The number of ether oxygens (including phenoxy) is 1. The van der Waals surface area contributed by atoms with E-state index in [1.807, 2.05) is 6.08 Å². The molecule has 1 amide bonds. The number of unbranched alkanes of at least 4 members (excludes halogenated alkanes) is 38. The van der Waals surface area contributed by atoms with Crippen LogP contribution in [0.25, 0.3) is 0 Å². The number of amides is 1. The Balaban J connectivity index is 3.41. The quantitative estimate of drug-likeness (QED) is 0.0321. The zero-order valence-electron chi connectivity index (χ0n) is 43.5. The van der Waals surface area contributed by atoms with Crippen molar-refractivity contribution in [2.45, 2.75) is 315 Å². The molecule has 0 saturated carbocycles. The van der Waals surface area contributed by atoms with E-state index in [0.29, 0.717) is 19.4 Å². The van der Waals surface area contributed by atoms with Gasteiger partial charge in [0.1, 0.15) is 0 Å². The molecule has 6 nitrogen and oxygen atoms in total. The summed E-state index contributed by atoms with van der Waals surface area (Å²) in [7, 11) is 0. The van der Waals surface area contributed by atoms with E-state index in [-0.39, 0.29) is 18.5 Å². The van der Waals surface area contributed by atoms with Gasteiger partial charge >= 0.3 is 5.97 Å². The van der Waals surface area contributed by atoms with Crippen molar-refractivity contribution in [3.63, 3.8) is 0 Å². The lowest BCUT2D eigenvalue weighted by Gasteiger charge is -2.20. The number of aliphatic hydroxyl groups is 2. The first-order valence-corrected chi connectivity index (χ1v) is 28.8. The number of aliphatic hydroxyl groups excluding tert-OH is 2. The van der Waals surface area contributed by atoms with Crippen LogP contribution in [0.4, 0.5) is 0 Å². The Kier molecular flexibility index (Phi) is 53.1. The molecule has 2 atom stereocenters. The summed E-state index contributed by atoms with van der Waals surface area (Å²) in [5.74, 6) is -0.0729. The Morgan fingerprint density at radius 1 is 0.431 bits per heavy atom. The third-order valence-electron chi connectivity index (χ3n) is 13.2. The van der Waals surface area contributed by atoms with E-state index in [0.717, 1.165) is 51.4 Å². The molecule has 0 rings (SSSR count). The maximum Gasteiger partial charge on any atom is 0.305 e. The monoisotopic (exact) mass is 914 g/mol. The van der Waals surface area contributed by atoms with Gasteiger partial charge in [-0.05, 0) is 57.8 Å². The average Bonchev–Trinajstić information content (AvgIpc) is 3.31. The van der Waals surface area contributed by atoms with Gasteiger partial charge in [-0.25, -0.2) is 0 Å². The molecule has 0 aromatic heterocycles. The molecule has 3 N–H and O–H groups in total. The van der Waals surface area contributed by atoms with Crippen molar-refractivity contribution < 1.29 is 24.5 Å². The fourth-order valence-corrected chi connectivity index (χ4v) is 8.71. The highest BCUT2D eigenvalue weighted by Crippen LogP contribution is 2.17. The number of nitrogens with one attached hydrogen (secondary N) is 1. The lowest BCUT2D eigenvalue weighted by molar-refractivity contribution is -0.143. The van der Waals surface area contributed by atoms with E-state index >= 15 is 0 Å². The highest BCUT2D eigenvalue weighted by molar-refractivity contribution is 5.76. The Morgan fingerprint density at radius 2 is 0.785 bits per heavy atom. The number of esters is 1. The SMILES string of the molecule is CCCC/C=C\C/C=C\CCCCCCCC(=O)OCCCCCCCCCCCCCCCCCCCCCCCC(=O)NC(CO)C(O)/C=C/CCCCCCCCCCCCC. The minimum absolute atomic E-state index is 0.00358. The number of hydrogen-bond acceptors (Lipinski definition) is 5. The molecule has 0 aromatic rings. The van der Waals surface area contributed by atoms with Crippen LogP contribution in [0.3, 0.4) is 0 Å². The first kappa shape index (κ1) is 63.1. The van der Waals surface area contributed by atoms with Gasteiger partial charge in [-0.15, -0.1) is 0 Å². The van der Waals surface area contributed by atoms with Crippen LogP contribution in [0.2, 0.25) is 0 Å². The molecule has 0 fully saturated rings. The smallest absolute Gasteiger partial charge is 0.305 e. The molecular weight excluding hydrogens is 803 g/mol. The van der Waals surface area contributed by atoms with E-state index in [4.69, 9.17) is 4.74 Å². The lowest BCUT2D eigenvalue weighted by Crippen LogP contribution is -2.45. The fourth-order valence-electron chi connectivity index (χ4n) is 8.71. The molecule has 0 radical (unpaired) electrons. The highest BCUT2D eigenvalue weighted by Gasteiger charge is 2.18. The van der Waals surface area contributed by atoms with E-state index < -0.39 is 12.1 Å². The number of carbonyl (C=O) groups is 2. The number of rotatable bonds is 53. The van der Waals surface area contributed by atoms with Gasteiger partial charge in [0.05, 0.1) is 25.4 Å². The minimum atomic E-state index is -0.844. The summed E-state index contributed by atoms with van der Waals surface area (Å²) in [5.41, 5.74) is 0. The van der Waals surface area contributed by atoms with E-state index in [9.17, 15) is 19.8 Å². The molecule has 0 heterocycles. The second-order valence-corrected chi connectivity index (χ2v) is 19.6. The zero-order chi connectivity index (χ0) is 47.2. The van der Waals surface area contributed by atoms with Crippen LogP contribution in [0.1, 0.15) is 303 Å². The Bertz CT molecular complexity index is 1060. The van der Waals surface area contributed by atoms with Gasteiger partial charge in [-0.2, -0.15) is 0 Å². The number of allylic oxidation sites excluding steroid dienone is 5. The third kappa shape index (κ3) is 51.3. The summed E-state index contributed by atoms with van der Waals surface area (Å²) in [5, 5.41) is 23.1. The summed E-state index contributed by atoms with van der Waals surface area (Å²) >= 11 is 0. The number of carbonyl (C=O) groups excluding carboxylic acids is 2. The summed E-state index contributed by atoms with van der Waals surface area (Å²) in [6, 6.07) is -0.628. The van der Waals surface area contributed by atoms with Crippen molar-refractivity contribution in [3.05, 3.63) is 36.5 Å². The molecular formula is C59H111NO5. The highest BCUT2D eigenvalue weighted by atomic mass is 16.5. The predicted octanol–water partition coefficient (Wildman–Crippen LogP) is 17.6. The lowest BCUT2D eigenvalue weighted by atomic mass is 10.0. The Hall–Kier alpha value is -1.92. The molecule has 0 spiro atoms. The van der Waals surface area contributed by atoms with Crippen molar-refractivity contribution in [1.29, 1.82) is 0 Å². The topological polar surface area (TPSA) is 95.9 Å². The second-order valence-electron chi connectivity index (χ2n) is 19.6. The van der Waals surface area contributed by atoms with Crippen LogP contribution in [0.5, 0.6) is 0 Å². The van der Waals surface area contributed by atoms with E-state index in [1.54, 1.807) is 6.08 Å². The summed E-state index contributed by atoms with van der Waals surface area (Å²) in [6.45, 7) is 4.85. The maximum absolute atomic E-state index is 12.4. The molecule has 0 bridgehead atoms. The molecule has 0 aliphatic carbocycles. The average molecular weight is 915 g/mol. The first-order valence-electron chi connectivity index (χ1n) is 28.8. The Morgan fingerprint density at radius 3 is 1.22 bits per heavy atom. The minimum Gasteiger partial charge on any atom is -0.466 e. The molecule has 2 unspecified atom stereocenters. The fraction of sp³-hybridized carbons (Fsp3) is 0.864. The number of hydrogen-bond donors (Lipinski definition) is 3. The van der Waals surface area contributed by atoms with Crippen molar-refractivity contribution in [3.8, 4) is 0 Å². The van der Waals surface area contributed by atoms with E-state index in [2.05, 4.69) is 43.5 Å². The molecule has 382 valence electrons. The maximum atomic E-state index is 12.4. The van der Waals surface area contributed by atoms with Gasteiger partial charge in [-0.1, -0.05) is 269 Å². The van der Waals surface area contributed by atoms with Crippen LogP contribution in [0.15, 0.2) is 36.5 Å². The second kappa shape index (κ2) is 54.7. The van der Waals surface area contributed by atoms with Gasteiger partial charge in [-0.3, -0.25) is 9.59 Å². The van der Waals surface area contributed by atoms with Crippen molar-refractivity contribution in [2.75, 3.05) is 13.2 Å². The van der Waals surface area contributed by atoms with Crippen molar-refractivity contribution in [1.82, 2.24) is 5.32 Å². The predicted molar refractivity (Wildman–Crippen MR) is 283 cm³/mol. The first-order chi connectivity index (χ1) is 32.0. The molecule has 65 heavy (non-hydrogen) atoms. The van der Waals surface area contributed by atoms with E-state index in [1.165, 1.54) is 225 Å². The van der Waals surface area contributed by atoms with Gasteiger partial charge < -0.3 is 20.3 Å². The van der Waals surface area contributed by atoms with Crippen molar-refractivity contribution >= 4 is 11.9 Å². The van der Waals surface area contributed by atoms with Gasteiger partial charge in [0.25, 0.3) is 0 Å². The normalized spacial score (nSPS) is 12.9. The summed E-state index contributed by atoms with van der Waals surface area (Å²) in [4.78, 5) is 24.5. The van der Waals surface area contributed by atoms with Crippen LogP contribution >= 0.6 is 0 Å². The van der Waals surface area contributed by atoms with Gasteiger partial charge in [0.15, 0.2) is 0 Å². The standard InChI is InChI=1S/C59H111NO5/c1-3-5-7-9-11-13-15-17-29-33-37-41-45-49-53-59(64)65-54-50-46-42-38-34-30-26-24-22-20-18-19-21-23-25-28-32-36-40-44-48-52-58(63)60-56(55-61)57(62)51-47-43-39-35-31-27-16-14-12-10-8-6-4-2/h9,11,15,17,47,51,56-57,61-62H,3-8,10,12-14,16,18-46,48-50,52-55H2,1-2H3,(H,60,63)/b11-9-,17-15-,51-47+. The van der Waals surface area contributed by atoms with Crippen LogP contribution in [-0.4, -0.2) is 47.4 Å². The Labute approximate surface area is 404 Å². The van der Waals surface area contributed by atoms with Crippen LogP contribution in [-0.2, 0) is 14.3 Å². The van der Waals surface area contributed by atoms with Crippen molar-refractivity contribution in [2.24, 2.45) is 0 Å². The molecule has 0 aliphatic rings. The molecule has 6 heteroatoms. The zero-order valence-corrected chi connectivity index (χ0v) is 43.5. The van der Waals surface area contributed by atoms with Gasteiger partial charge in [0.2, 0.25) is 5.91 Å². The molecule has 0 aromatic carbocycles. The van der Waals surface area contributed by atoms with Crippen LogP contribution < -0.4 is 5.32 Å². The van der Waals surface area contributed by atoms with Crippen LogP contribution in [0, 0.1) is 0 Å². The summed E-state index contributed by atoms with van der Waals surface area (Å²) < 4.78 is 5.47. The van der Waals surface area contributed by atoms with Gasteiger partial charge in [0, 0.05) is 12.8 Å². The summed E-state index contributed by atoms with van der Waals surface area (Å²) in [6.07, 6.45) is 67.4. The third-order valence-corrected chi connectivity index (χ3v) is 13.2.